The fraction of sp³-hybridized carbons (Fsp3) is 0.0926. The SMILES string of the molecule is Cc1c2c(-c3ccccc3)nc3cc(-c4ccc5c(c4)C(C)(C)c4cc(-c6ccncc6)ccc4-5)ccc3c2c(C)c2c(-c3ccccc3)nc3ccccc3c12. The van der Waals surface area contributed by atoms with Crippen molar-refractivity contribution in [2.75, 3.05) is 0 Å². The van der Waals surface area contributed by atoms with Gasteiger partial charge in [-0.3, -0.25) is 4.98 Å². The predicted octanol–water partition coefficient (Wildman–Crippen LogP) is 14.1. The zero-order valence-electron chi connectivity index (χ0n) is 32.4. The highest BCUT2D eigenvalue weighted by molar-refractivity contribution is 6.25. The van der Waals surface area contributed by atoms with Crippen molar-refractivity contribution >= 4 is 43.4 Å². The fourth-order valence-electron chi connectivity index (χ4n) is 9.67. The Balaban J connectivity index is 1.15. The number of aryl methyl sites for hydroxylation is 2. The number of rotatable bonds is 4. The minimum Gasteiger partial charge on any atom is -0.265 e. The monoisotopic (exact) mass is 729 g/mol. The zero-order chi connectivity index (χ0) is 38.4. The summed E-state index contributed by atoms with van der Waals surface area (Å²) in [4.78, 5) is 15.2. The minimum atomic E-state index is -0.153. The van der Waals surface area contributed by atoms with Gasteiger partial charge in [0.15, 0.2) is 0 Å². The molecule has 7 aromatic carbocycles. The van der Waals surface area contributed by atoms with E-state index in [0.29, 0.717) is 0 Å². The summed E-state index contributed by atoms with van der Waals surface area (Å²) in [5.41, 5.74) is 18.6. The summed E-state index contributed by atoms with van der Waals surface area (Å²) < 4.78 is 0. The van der Waals surface area contributed by atoms with Crippen LogP contribution in [0.2, 0.25) is 0 Å². The van der Waals surface area contributed by atoms with Gasteiger partial charge in [0, 0.05) is 50.5 Å². The lowest BCUT2D eigenvalue weighted by Gasteiger charge is -2.23. The lowest BCUT2D eigenvalue weighted by molar-refractivity contribution is 0.661. The van der Waals surface area contributed by atoms with Gasteiger partial charge in [-0.1, -0.05) is 129 Å². The number of fused-ring (bicyclic) bond motifs is 9. The number of benzene rings is 7. The smallest absolute Gasteiger partial charge is 0.0791 e. The number of nitrogens with zero attached hydrogens (tertiary/aromatic N) is 3. The molecule has 11 rings (SSSR count). The molecular formula is C54H39N3. The van der Waals surface area contributed by atoms with E-state index in [-0.39, 0.29) is 5.41 Å². The molecule has 0 unspecified atom stereocenters. The Kier molecular flexibility index (Phi) is 7.33. The van der Waals surface area contributed by atoms with E-state index >= 15 is 0 Å². The highest BCUT2D eigenvalue weighted by atomic mass is 14.7. The molecule has 0 amide bonds. The largest absolute Gasteiger partial charge is 0.265 e. The lowest BCUT2D eigenvalue weighted by Crippen LogP contribution is -2.15. The van der Waals surface area contributed by atoms with Crippen molar-refractivity contribution in [1.82, 2.24) is 15.0 Å². The molecular weight excluding hydrogens is 691 g/mol. The molecule has 10 aromatic rings. The maximum absolute atomic E-state index is 5.58. The fourth-order valence-corrected chi connectivity index (χ4v) is 9.67. The molecule has 0 N–H and O–H groups in total. The molecule has 1 aliphatic rings. The second-order valence-corrected chi connectivity index (χ2v) is 16.0. The first-order chi connectivity index (χ1) is 27.9. The summed E-state index contributed by atoms with van der Waals surface area (Å²) in [6, 6.07) is 54.9. The van der Waals surface area contributed by atoms with Crippen molar-refractivity contribution in [2.45, 2.75) is 33.1 Å². The standard InChI is InChI=1S/C54H39N3/c1-32-48-42-17-11-12-18-46(42)56-52(35-13-7-5-8-14-35)50(48)33(2)49-43-24-21-39(31-47(43)57-53(51(32)49)36-15-9-6-10-16-36)38-20-23-41-40-22-19-37(34-25-27-55-28-26-34)29-44(40)54(3,4)45(41)30-38/h5-31H,1-4H3. The first-order valence-corrected chi connectivity index (χ1v) is 19.8. The molecule has 3 heteroatoms. The van der Waals surface area contributed by atoms with Crippen molar-refractivity contribution in [2.24, 2.45) is 0 Å². The van der Waals surface area contributed by atoms with Crippen LogP contribution in [0.4, 0.5) is 0 Å². The predicted molar refractivity (Wildman–Crippen MR) is 239 cm³/mol. The molecule has 0 aliphatic heterocycles. The van der Waals surface area contributed by atoms with Gasteiger partial charge in [0.2, 0.25) is 0 Å². The molecule has 0 fully saturated rings. The molecule has 57 heavy (non-hydrogen) atoms. The van der Waals surface area contributed by atoms with E-state index in [1.165, 1.54) is 77.0 Å². The molecule has 3 nitrogen and oxygen atoms in total. The molecule has 0 saturated heterocycles. The van der Waals surface area contributed by atoms with E-state index in [9.17, 15) is 0 Å². The molecule has 0 spiro atoms. The van der Waals surface area contributed by atoms with Gasteiger partial charge < -0.3 is 0 Å². The Morgan fingerprint density at radius 1 is 0.386 bits per heavy atom. The van der Waals surface area contributed by atoms with Crippen LogP contribution in [0.5, 0.6) is 0 Å². The van der Waals surface area contributed by atoms with Crippen molar-refractivity contribution < 1.29 is 0 Å². The van der Waals surface area contributed by atoms with E-state index in [4.69, 9.17) is 9.97 Å². The first-order valence-electron chi connectivity index (χ1n) is 19.8. The molecule has 270 valence electrons. The third kappa shape index (κ3) is 5.02. The maximum atomic E-state index is 5.58. The summed E-state index contributed by atoms with van der Waals surface area (Å²) in [6.07, 6.45) is 3.73. The van der Waals surface area contributed by atoms with Crippen molar-refractivity contribution in [3.8, 4) is 55.9 Å². The van der Waals surface area contributed by atoms with Crippen LogP contribution in [-0.4, -0.2) is 15.0 Å². The Bertz CT molecular complexity index is 3260. The van der Waals surface area contributed by atoms with Crippen LogP contribution in [0.25, 0.3) is 99.2 Å². The first kappa shape index (κ1) is 33.4. The maximum Gasteiger partial charge on any atom is 0.0791 e. The molecule has 1 aliphatic carbocycles. The highest BCUT2D eigenvalue weighted by Gasteiger charge is 2.36. The normalized spacial score (nSPS) is 13.1. The Morgan fingerprint density at radius 2 is 0.860 bits per heavy atom. The van der Waals surface area contributed by atoms with Gasteiger partial charge >= 0.3 is 0 Å². The molecule has 0 radical (unpaired) electrons. The number of hydrogen-bond donors (Lipinski definition) is 0. The van der Waals surface area contributed by atoms with Crippen LogP contribution in [0.3, 0.4) is 0 Å². The quantitative estimate of drug-likeness (QED) is 0.134. The van der Waals surface area contributed by atoms with E-state index in [0.717, 1.165) is 44.5 Å². The summed E-state index contributed by atoms with van der Waals surface area (Å²) in [7, 11) is 0. The lowest BCUT2D eigenvalue weighted by atomic mass is 9.81. The van der Waals surface area contributed by atoms with Gasteiger partial charge in [0.25, 0.3) is 0 Å². The van der Waals surface area contributed by atoms with Gasteiger partial charge in [-0.2, -0.15) is 0 Å². The molecule has 0 saturated carbocycles. The van der Waals surface area contributed by atoms with Crippen molar-refractivity contribution in [1.29, 1.82) is 0 Å². The van der Waals surface area contributed by atoms with E-state index in [2.05, 4.69) is 184 Å². The van der Waals surface area contributed by atoms with Crippen molar-refractivity contribution in [3.63, 3.8) is 0 Å². The van der Waals surface area contributed by atoms with Crippen LogP contribution in [0, 0.1) is 13.8 Å². The van der Waals surface area contributed by atoms with Crippen LogP contribution in [0.1, 0.15) is 36.1 Å². The van der Waals surface area contributed by atoms with Crippen LogP contribution in [-0.2, 0) is 5.41 Å². The Hall–Kier alpha value is -6.97. The molecule has 3 aromatic heterocycles. The third-order valence-corrected chi connectivity index (χ3v) is 12.5. The van der Waals surface area contributed by atoms with Gasteiger partial charge in [0.05, 0.1) is 22.4 Å². The third-order valence-electron chi connectivity index (χ3n) is 12.5. The van der Waals surface area contributed by atoms with Crippen LogP contribution >= 0.6 is 0 Å². The summed E-state index contributed by atoms with van der Waals surface area (Å²) in [5.74, 6) is 0. The topological polar surface area (TPSA) is 38.7 Å². The summed E-state index contributed by atoms with van der Waals surface area (Å²) in [5, 5.41) is 7.20. The molecule has 3 heterocycles. The number of pyridine rings is 3. The van der Waals surface area contributed by atoms with Crippen LogP contribution in [0.15, 0.2) is 164 Å². The number of aromatic nitrogens is 3. The Labute approximate surface area is 332 Å². The average Bonchev–Trinajstić information content (AvgIpc) is 3.49. The van der Waals surface area contributed by atoms with E-state index < -0.39 is 0 Å². The van der Waals surface area contributed by atoms with Gasteiger partial charge in [-0.25, -0.2) is 9.97 Å². The average molecular weight is 730 g/mol. The van der Waals surface area contributed by atoms with Gasteiger partial charge in [-0.05, 0) is 117 Å². The van der Waals surface area contributed by atoms with Crippen LogP contribution < -0.4 is 0 Å². The highest BCUT2D eigenvalue weighted by Crippen LogP contribution is 2.51. The van der Waals surface area contributed by atoms with Gasteiger partial charge in [-0.15, -0.1) is 0 Å². The number of hydrogen-bond acceptors (Lipinski definition) is 3. The second-order valence-electron chi connectivity index (χ2n) is 16.0. The summed E-state index contributed by atoms with van der Waals surface area (Å²) >= 11 is 0. The molecule has 0 atom stereocenters. The summed E-state index contributed by atoms with van der Waals surface area (Å²) in [6.45, 7) is 9.28. The molecule has 0 bridgehead atoms. The minimum absolute atomic E-state index is 0.153. The van der Waals surface area contributed by atoms with E-state index in [1.54, 1.807) is 0 Å². The Morgan fingerprint density at radius 3 is 1.46 bits per heavy atom. The zero-order valence-corrected chi connectivity index (χ0v) is 32.4. The number of para-hydroxylation sites is 1. The van der Waals surface area contributed by atoms with Crippen molar-refractivity contribution in [3.05, 3.63) is 186 Å². The van der Waals surface area contributed by atoms with Gasteiger partial charge in [0.1, 0.15) is 0 Å². The van der Waals surface area contributed by atoms with E-state index in [1.807, 2.05) is 12.4 Å². The second kappa shape index (κ2) is 12.5.